The predicted octanol–water partition coefficient (Wildman–Crippen LogP) is 11.6. The summed E-state index contributed by atoms with van der Waals surface area (Å²) in [6.45, 7) is 19.2. The van der Waals surface area contributed by atoms with Crippen molar-refractivity contribution in [2.24, 2.45) is 0 Å². The van der Waals surface area contributed by atoms with Crippen LogP contribution in [-0.4, -0.2) is 26.4 Å². The molecule has 0 saturated carbocycles. The van der Waals surface area contributed by atoms with Crippen molar-refractivity contribution in [1.29, 1.82) is 0 Å². The van der Waals surface area contributed by atoms with E-state index in [0.717, 1.165) is 61.6 Å². The molecule has 0 aliphatic rings. The van der Waals surface area contributed by atoms with Crippen LogP contribution in [0.5, 0.6) is 0 Å². The van der Waals surface area contributed by atoms with Crippen LogP contribution in [0.2, 0.25) is 0 Å². The van der Waals surface area contributed by atoms with Crippen molar-refractivity contribution in [3.8, 4) is 0 Å². The van der Waals surface area contributed by atoms with Gasteiger partial charge in [-0.05, 0) is 87.0 Å². The zero-order valence-electron chi connectivity index (χ0n) is 30.5. The van der Waals surface area contributed by atoms with Crippen molar-refractivity contribution < 1.29 is 18.9 Å². The lowest BCUT2D eigenvalue weighted by Crippen LogP contribution is -2.10. The standard InChI is InChI=1S/C48H49NO4/c1-5-29-50-34-39-9-19-43(20-10-39)48(44-21-11-40(12-22-44)35-51-30-6-2)33-38-13-23-45(24-14-38)49(46-25-15-41(16-26-46)36-52-31-7-3)47-27-17-42(18-28-47)37-53-32-8-4/h5-28,33H,1-4,29-32,34-37H2. The van der Waals surface area contributed by atoms with E-state index in [1.807, 2.05) is 0 Å². The summed E-state index contributed by atoms with van der Waals surface area (Å²) in [6.07, 6.45) is 9.31. The number of hydrogen-bond donors (Lipinski definition) is 0. The first kappa shape index (κ1) is 38.7. The number of hydrogen-bond acceptors (Lipinski definition) is 5. The van der Waals surface area contributed by atoms with Crippen molar-refractivity contribution in [3.05, 3.63) is 211 Å². The molecule has 0 spiro atoms. The van der Waals surface area contributed by atoms with Gasteiger partial charge in [0.1, 0.15) is 0 Å². The summed E-state index contributed by atoms with van der Waals surface area (Å²) in [4.78, 5) is 2.26. The first-order chi connectivity index (χ1) is 26.1. The zero-order valence-corrected chi connectivity index (χ0v) is 30.5. The Hall–Kier alpha value is -5.56. The van der Waals surface area contributed by atoms with E-state index in [2.05, 4.69) is 159 Å². The average Bonchev–Trinajstić information content (AvgIpc) is 3.20. The second-order valence-electron chi connectivity index (χ2n) is 12.4. The Labute approximate surface area is 315 Å². The Morgan fingerprint density at radius 3 is 0.981 bits per heavy atom. The highest BCUT2D eigenvalue weighted by Crippen LogP contribution is 2.36. The van der Waals surface area contributed by atoms with Crippen LogP contribution >= 0.6 is 0 Å². The lowest BCUT2D eigenvalue weighted by atomic mass is 9.94. The highest BCUT2D eigenvalue weighted by Gasteiger charge is 2.14. The van der Waals surface area contributed by atoms with Crippen LogP contribution in [0, 0.1) is 0 Å². The molecule has 0 N–H and O–H groups in total. The maximum Gasteiger partial charge on any atom is 0.0721 e. The van der Waals surface area contributed by atoms with E-state index in [1.165, 1.54) is 0 Å². The Bertz CT molecular complexity index is 1790. The summed E-state index contributed by atoms with van der Waals surface area (Å²) >= 11 is 0. The molecule has 0 heterocycles. The second kappa shape index (κ2) is 21.1. The lowest BCUT2D eigenvalue weighted by molar-refractivity contribution is 0.149. The van der Waals surface area contributed by atoms with Gasteiger partial charge in [-0.3, -0.25) is 0 Å². The minimum Gasteiger partial charge on any atom is -0.373 e. The van der Waals surface area contributed by atoms with Crippen molar-refractivity contribution in [2.45, 2.75) is 26.4 Å². The topological polar surface area (TPSA) is 40.2 Å². The Balaban J connectivity index is 1.47. The van der Waals surface area contributed by atoms with E-state index < -0.39 is 0 Å². The molecule has 0 aromatic heterocycles. The van der Waals surface area contributed by atoms with Gasteiger partial charge in [0.2, 0.25) is 0 Å². The molecule has 53 heavy (non-hydrogen) atoms. The van der Waals surface area contributed by atoms with Gasteiger partial charge in [0.05, 0.1) is 52.9 Å². The van der Waals surface area contributed by atoms with Gasteiger partial charge < -0.3 is 23.8 Å². The molecule has 5 heteroatoms. The monoisotopic (exact) mass is 703 g/mol. The number of benzene rings is 5. The Morgan fingerprint density at radius 1 is 0.396 bits per heavy atom. The van der Waals surface area contributed by atoms with Crippen LogP contribution in [0.15, 0.2) is 172 Å². The Kier molecular flexibility index (Phi) is 15.4. The van der Waals surface area contributed by atoms with Crippen molar-refractivity contribution >= 4 is 28.7 Å². The van der Waals surface area contributed by atoms with E-state index in [0.29, 0.717) is 52.9 Å². The molecule has 0 atom stereocenters. The molecule has 0 saturated heterocycles. The zero-order chi connectivity index (χ0) is 37.1. The number of ether oxygens (including phenoxy) is 4. The fourth-order valence-corrected chi connectivity index (χ4v) is 5.75. The maximum absolute atomic E-state index is 5.68. The highest BCUT2D eigenvalue weighted by molar-refractivity contribution is 5.92. The van der Waals surface area contributed by atoms with Gasteiger partial charge in [-0.2, -0.15) is 0 Å². The largest absolute Gasteiger partial charge is 0.373 e. The van der Waals surface area contributed by atoms with E-state index in [1.54, 1.807) is 24.3 Å². The van der Waals surface area contributed by atoms with Gasteiger partial charge in [0.25, 0.3) is 0 Å². The normalized spacial score (nSPS) is 10.7. The minimum atomic E-state index is 0.520. The van der Waals surface area contributed by atoms with Crippen LogP contribution in [0.4, 0.5) is 17.1 Å². The van der Waals surface area contributed by atoms with Gasteiger partial charge in [-0.1, -0.05) is 109 Å². The molecule has 0 bridgehead atoms. The summed E-state index contributed by atoms with van der Waals surface area (Å²) < 4.78 is 22.7. The maximum atomic E-state index is 5.68. The third-order valence-electron chi connectivity index (χ3n) is 8.40. The minimum absolute atomic E-state index is 0.520. The SMILES string of the molecule is C=CCOCc1ccc(C(=Cc2ccc(N(c3ccc(COCC=C)cc3)c3ccc(COCC=C)cc3)cc2)c2ccc(COCC=C)cc2)cc1. The molecule has 5 aromatic rings. The molecular weight excluding hydrogens is 655 g/mol. The third-order valence-corrected chi connectivity index (χ3v) is 8.40. The van der Waals surface area contributed by atoms with E-state index in [4.69, 9.17) is 18.9 Å². The van der Waals surface area contributed by atoms with E-state index >= 15 is 0 Å². The molecule has 0 fully saturated rings. The molecular formula is C48H49NO4. The van der Waals surface area contributed by atoms with Gasteiger partial charge >= 0.3 is 0 Å². The van der Waals surface area contributed by atoms with Crippen LogP contribution in [0.25, 0.3) is 11.6 Å². The smallest absolute Gasteiger partial charge is 0.0721 e. The van der Waals surface area contributed by atoms with Crippen LogP contribution in [0.1, 0.15) is 38.9 Å². The molecule has 5 aromatic carbocycles. The summed E-state index contributed by atoms with van der Waals surface area (Å²) in [5.41, 5.74) is 12.0. The average molecular weight is 704 g/mol. The Morgan fingerprint density at radius 2 is 0.679 bits per heavy atom. The van der Waals surface area contributed by atoms with E-state index in [9.17, 15) is 0 Å². The number of nitrogens with zero attached hydrogens (tertiary/aromatic N) is 1. The highest BCUT2D eigenvalue weighted by atomic mass is 16.5. The van der Waals surface area contributed by atoms with Gasteiger partial charge in [0.15, 0.2) is 0 Å². The predicted molar refractivity (Wildman–Crippen MR) is 220 cm³/mol. The van der Waals surface area contributed by atoms with Crippen LogP contribution in [-0.2, 0) is 45.4 Å². The fraction of sp³-hybridized carbons (Fsp3) is 0.167. The summed E-state index contributed by atoms with van der Waals surface area (Å²) in [5.74, 6) is 0. The molecule has 270 valence electrons. The molecule has 0 amide bonds. The molecule has 0 unspecified atom stereocenters. The third kappa shape index (κ3) is 11.7. The van der Waals surface area contributed by atoms with Crippen LogP contribution < -0.4 is 4.90 Å². The van der Waals surface area contributed by atoms with Crippen LogP contribution in [0.3, 0.4) is 0 Å². The lowest BCUT2D eigenvalue weighted by Gasteiger charge is -2.26. The summed E-state index contributed by atoms with van der Waals surface area (Å²) in [5, 5.41) is 0. The molecule has 5 rings (SSSR count). The number of rotatable bonds is 22. The first-order valence-corrected chi connectivity index (χ1v) is 17.8. The van der Waals surface area contributed by atoms with Crippen molar-refractivity contribution in [2.75, 3.05) is 31.3 Å². The van der Waals surface area contributed by atoms with E-state index in [-0.39, 0.29) is 0 Å². The second-order valence-corrected chi connectivity index (χ2v) is 12.4. The van der Waals surface area contributed by atoms with Gasteiger partial charge in [-0.15, -0.1) is 26.3 Å². The van der Waals surface area contributed by atoms with Crippen molar-refractivity contribution in [1.82, 2.24) is 0 Å². The molecule has 0 aliphatic carbocycles. The molecule has 0 radical (unpaired) electrons. The first-order valence-electron chi connectivity index (χ1n) is 17.8. The molecule has 0 aliphatic heterocycles. The quantitative estimate of drug-likeness (QED) is 0.0408. The molecule has 5 nitrogen and oxygen atoms in total. The van der Waals surface area contributed by atoms with Gasteiger partial charge in [-0.25, -0.2) is 0 Å². The number of anilines is 3. The van der Waals surface area contributed by atoms with Crippen molar-refractivity contribution in [3.63, 3.8) is 0 Å². The summed E-state index contributed by atoms with van der Waals surface area (Å²) in [6, 6.07) is 42.8. The fourth-order valence-electron chi connectivity index (χ4n) is 5.75. The summed E-state index contributed by atoms with van der Waals surface area (Å²) in [7, 11) is 0. The van der Waals surface area contributed by atoms with Gasteiger partial charge in [0, 0.05) is 17.1 Å².